The summed E-state index contributed by atoms with van der Waals surface area (Å²) in [5, 5.41) is 11.5. The molecule has 2 heterocycles. The first-order chi connectivity index (χ1) is 15.5. The molecule has 0 spiro atoms. The number of esters is 3. The second kappa shape index (κ2) is 10.0. The summed E-state index contributed by atoms with van der Waals surface area (Å²) in [7, 11) is 0. The van der Waals surface area contributed by atoms with Crippen LogP contribution in [-0.2, 0) is 33.3 Å². The van der Waals surface area contributed by atoms with Gasteiger partial charge in [0.2, 0.25) is 6.29 Å². The molecule has 2 aromatic rings. The monoisotopic (exact) mass is 464 g/mol. The van der Waals surface area contributed by atoms with Crippen LogP contribution in [0.15, 0.2) is 33.5 Å². The summed E-state index contributed by atoms with van der Waals surface area (Å²) in [4.78, 5) is 46.3. The number of ether oxygens (including phenoxy) is 5. The molecule has 0 saturated carbocycles. The number of hydrogen-bond donors (Lipinski definition) is 1. The van der Waals surface area contributed by atoms with E-state index in [1.54, 1.807) is 19.1 Å². The number of carbonyl (C=O) groups is 3. The Labute approximate surface area is 188 Å². The highest BCUT2D eigenvalue weighted by Gasteiger charge is 2.50. The molecule has 178 valence electrons. The van der Waals surface area contributed by atoms with E-state index in [2.05, 4.69) is 0 Å². The van der Waals surface area contributed by atoms with Crippen molar-refractivity contribution in [2.24, 2.45) is 0 Å². The van der Waals surface area contributed by atoms with E-state index in [1.807, 2.05) is 0 Å². The number of rotatable bonds is 6. The molecule has 1 aromatic heterocycles. The van der Waals surface area contributed by atoms with E-state index in [0.29, 0.717) is 10.9 Å². The van der Waals surface area contributed by atoms with E-state index < -0.39 is 54.2 Å². The van der Waals surface area contributed by atoms with Gasteiger partial charge < -0.3 is 33.2 Å². The van der Waals surface area contributed by atoms with Crippen molar-refractivity contribution in [1.29, 1.82) is 0 Å². The molecule has 11 nitrogen and oxygen atoms in total. The molecule has 5 atom stereocenters. The number of aryl methyl sites for hydroxylation is 1. The van der Waals surface area contributed by atoms with Crippen molar-refractivity contribution in [2.75, 3.05) is 6.61 Å². The highest BCUT2D eigenvalue weighted by atomic mass is 16.7. The summed E-state index contributed by atoms with van der Waals surface area (Å²) < 4.78 is 32.1. The fraction of sp³-hybridized carbons (Fsp3) is 0.455. The normalized spacial score (nSPS) is 24.7. The summed E-state index contributed by atoms with van der Waals surface area (Å²) in [6, 6.07) is 6.04. The minimum Gasteiger partial charge on any atom is -0.463 e. The maximum atomic E-state index is 11.7. The van der Waals surface area contributed by atoms with Crippen molar-refractivity contribution >= 4 is 28.9 Å². The van der Waals surface area contributed by atoms with Gasteiger partial charge in [-0.05, 0) is 24.6 Å². The van der Waals surface area contributed by atoms with Gasteiger partial charge in [-0.3, -0.25) is 14.4 Å². The second-order valence-electron chi connectivity index (χ2n) is 7.51. The highest BCUT2D eigenvalue weighted by Crippen LogP contribution is 2.30. The number of aliphatic hydroxyl groups is 1. The molecule has 0 radical (unpaired) electrons. The van der Waals surface area contributed by atoms with Crippen LogP contribution in [0.2, 0.25) is 0 Å². The summed E-state index contributed by atoms with van der Waals surface area (Å²) >= 11 is 0. The molecule has 11 heteroatoms. The highest BCUT2D eigenvalue weighted by molar-refractivity contribution is 5.81. The number of fused-ring (bicyclic) bond motifs is 1. The van der Waals surface area contributed by atoms with Gasteiger partial charge in [-0.25, -0.2) is 4.79 Å². The summed E-state index contributed by atoms with van der Waals surface area (Å²) in [6.07, 6.45) is -6.73. The Kier molecular flexibility index (Phi) is 7.34. The predicted octanol–water partition coefficient (Wildman–Crippen LogP) is 0.993. The molecule has 33 heavy (non-hydrogen) atoms. The Hall–Kier alpha value is -3.44. The quantitative estimate of drug-likeness (QED) is 0.371. The van der Waals surface area contributed by atoms with E-state index >= 15 is 0 Å². The largest absolute Gasteiger partial charge is 0.463 e. The fourth-order valence-corrected chi connectivity index (χ4v) is 3.50. The molecule has 1 aliphatic rings. The summed E-state index contributed by atoms with van der Waals surface area (Å²) in [5.74, 6) is -1.90. The van der Waals surface area contributed by atoms with Crippen LogP contribution >= 0.6 is 0 Å². The molecule has 1 aromatic carbocycles. The summed E-state index contributed by atoms with van der Waals surface area (Å²) in [6.45, 7) is 4.84. The molecule has 0 unspecified atom stereocenters. The van der Waals surface area contributed by atoms with Crippen LogP contribution in [0.4, 0.5) is 0 Å². The number of hydrogen-bond acceptors (Lipinski definition) is 11. The van der Waals surface area contributed by atoms with Crippen LogP contribution in [0.3, 0.4) is 0 Å². The number of aliphatic hydroxyl groups excluding tert-OH is 1. The van der Waals surface area contributed by atoms with Crippen LogP contribution < -0.4 is 10.4 Å². The first-order valence-electron chi connectivity index (χ1n) is 10.1. The van der Waals surface area contributed by atoms with E-state index in [1.165, 1.54) is 19.1 Å². The lowest BCUT2D eigenvalue weighted by Gasteiger charge is -2.42. The van der Waals surface area contributed by atoms with E-state index in [0.717, 1.165) is 13.8 Å². The molecule has 1 saturated heterocycles. The van der Waals surface area contributed by atoms with Crippen LogP contribution in [0.25, 0.3) is 11.0 Å². The zero-order chi connectivity index (χ0) is 24.3. The Bertz CT molecular complexity index is 1110. The topological polar surface area (TPSA) is 148 Å². The first kappa shape index (κ1) is 24.2. The van der Waals surface area contributed by atoms with Gasteiger partial charge in [0.25, 0.3) is 0 Å². The van der Waals surface area contributed by atoms with Gasteiger partial charge in [-0.15, -0.1) is 0 Å². The van der Waals surface area contributed by atoms with Gasteiger partial charge in [0, 0.05) is 38.3 Å². The third-order valence-corrected chi connectivity index (χ3v) is 4.84. The Morgan fingerprint density at radius 2 is 1.67 bits per heavy atom. The maximum Gasteiger partial charge on any atom is 0.336 e. The second-order valence-corrected chi connectivity index (χ2v) is 7.51. The molecule has 0 amide bonds. The molecule has 1 N–H and O–H groups in total. The Morgan fingerprint density at radius 3 is 2.30 bits per heavy atom. The van der Waals surface area contributed by atoms with Crippen LogP contribution in [0.1, 0.15) is 26.3 Å². The minimum absolute atomic E-state index is 0.180. The van der Waals surface area contributed by atoms with Crippen molar-refractivity contribution in [3.8, 4) is 5.75 Å². The molecule has 1 aliphatic heterocycles. The third kappa shape index (κ3) is 5.88. The van der Waals surface area contributed by atoms with E-state index in [9.17, 15) is 24.3 Å². The molecule has 0 bridgehead atoms. The van der Waals surface area contributed by atoms with E-state index in [-0.39, 0.29) is 17.9 Å². The Balaban J connectivity index is 1.92. The molecule has 3 rings (SSSR count). The minimum atomic E-state index is -1.58. The van der Waals surface area contributed by atoms with Crippen LogP contribution in [-0.4, -0.2) is 60.3 Å². The van der Waals surface area contributed by atoms with Crippen molar-refractivity contribution in [3.05, 3.63) is 40.2 Å². The van der Waals surface area contributed by atoms with Crippen molar-refractivity contribution in [3.63, 3.8) is 0 Å². The van der Waals surface area contributed by atoms with E-state index in [4.69, 9.17) is 28.1 Å². The average Bonchev–Trinajstić information content (AvgIpc) is 2.70. The lowest BCUT2D eigenvalue weighted by molar-refractivity contribution is -0.285. The van der Waals surface area contributed by atoms with Crippen LogP contribution in [0, 0.1) is 6.92 Å². The zero-order valence-electron chi connectivity index (χ0n) is 18.4. The first-order valence-corrected chi connectivity index (χ1v) is 10.1. The van der Waals surface area contributed by atoms with Gasteiger partial charge in [0.05, 0.1) is 0 Å². The number of carbonyl (C=O) groups excluding carboxylic acids is 3. The lowest BCUT2D eigenvalue weighted by Crippen LogP contribution is -2.62. The smallest absolute Gasteiger partial charge is 0.336 e. The van der Waals surface area contributed by atoms with Gasteiger partial charge in [-0.2, -0.15) is 0 Å². The molecular weight excluding hydrogens is 440 g/mol. The van der Waals surface area contributed by atoms with Gasteiger partial charge in [0.15, 0.2) is 18.3 Å². The maximum absolute atomic E-state index is 11.7. The molecular formula is C22H24O11. The van der Waals surface area contributed by atoms with Crippen molar-refractivity contribution < 1.29 is 47.6 Å². The zero-order valence-corrected chi connectivity index (χ0v) is 18.4. The summed E-state index contributed by atoms with van der Waals surface area (Å²) in [5.41, 5.74) is 0.433. The fourth-order valence-electron chi connectivity index (χ4n) is 3.50. The SMILES string of the molecule is CC(=O)OC[C@H]1O[C@@H](Oc2ccc3c(C)cc(=O)oc3c2)[C@H](O)[C@@H](OC(C)=O)[C@H]1OC(C)=O. The third-order valence-electron chi connectivity index (χ3n) is 4.84. The van der Waals surface area contributed by atoms with Crippen LogP contribution in [0.5, 0.6) is 5.75 Å². The van der Waals surface area contributed by atoms with Gasteiger partial charge in [0.1, 0.15) is 24.0 Å². The Morgan fingerprint density at radius 1 is 1.00 bits per heavy atom. The predicted molar refractivity (Wildman–Crippen MR) is 110 cm³/mol. The lowest BCUT2D eigenvalue weighted by atomic mass is 9.98. The standard InChI is InChI=1S/C22H24O11/c1-10-7-18(26)32-16-8-14(5-6-15(10)16)31-22-19(27)21(30-13(4)25)20(29-12(3)24)17(33-22)9-28-11(2)23/h5-8,17,19-22,27H,9H2,1-4H3/t17-,19-,20+,21-,22-/m1/s1. The molecule has 0 aliphatic carbocycles. The van der Waals surface area contributed by atoms with Gasteiger partial charge in [-0.1, -0.05) is 0 Å². The number of benzene rings is 1. The van der Waals surface area contributed by atoms with Crippen molar-refractivity contribution in [2.45, 2.75) is 58.4 Å². The van der Waals surface area contributed by atoms with Gasteiger partial charge >= 0.3 is 23.5 Å². The molecule has 1 fully saturated rings. The average molecular weight is 464 g/mol. The van der Waals surface area contributed by atoms with Crippen molar-refractivity contribution in [1.82, 2.24) is 0 Å².